The van der Waals surface area contributed by atoms with Crippen LogP contribution in [0.15, 0.2) is 36.8 Å². The van der Waals surface area contributed by atoms with Crippen LogP contribution in [0.3, 0.4) is 0 Å². The highest BCUT2D eigenvalue weighted by atomic mass is 16.4. The number of aromatic nitrogens is 3. The fraction of sp³-hybridized carbons (Fsp3) is 0.333. The highest BCUT2D eigenvalue weighted by Gasteiger charge is 2.22. The first-order valence-electron chi connectivity index (χ1n) is 6.97. The predicted octanol–water partition coefficient (Wildman–Crippen LogP) is 1.50. The maximum absolute atomic E-state index is 12.2. The molecule has 0 spiro atoms. The van der Waals surface area contributed by atoms with Crippen molar-refractivity contribution in [2.75, 3.05) is 0 Å². The van der Waals surface area contributed by atoms with Gasteiger partial charge in [-0.3, -0.25) is 9.78 Å². The molecule has 2 aromatic rings. The number of nitrogens with one attached hydrogen (secondary N) is 1. The molecule has 0 saturated carbocycles. The van der Waals surface area contributed by atoms with Crippen LogP contribution in [0.4, 0.5) is 0 Å². The summed E-state index contributed by atoms with van der Waals surface area (Å²) in [7, 11) is 0. The van der Waals surface area contributed by atoms with Crippen molar-refractivity contribution in [2.45, 2.75) is 26.3 Å². The molecule has 1 amide bonds. The maximum Gasteiger partial charge on any atom is 0.326 e. The second-order valence-corrected chi connectivity index (χ2v) is 5.34. The van der Waals surface area contributed by atoms with Gasteiger partial charge in [0.25, 0.3) is 5.91 Å². The van der Waals surface area contributed by atoms with E-state index >= 15 is 0 Å². The fourth-order valence-electron chi connectivity index (χ4n) is 2.03. The first kappa shape index (κ1) is 15.7. The van der Waals surface area contributed by atoms with Gasteiger partial charge in [0.15, 0.2) is 0 Å². The third-order valence-electron chi connectivity index (χ3n) is 3.06. The first-order valence-corrected chi connectivity index (χ1v) is 6.97. The van der Waals surface area contributed by atoms with Crippen LogP contribution in [0, 0.1) is 5.92 Å². The number of carboxylic acid groups (broad SMARTS) is 1. The number of amides is 1. The lowest BCUT2D eigenvalue weighted by Gasteiger charge is -2.16. The van der Waals surface area contributed by atoms with E-state index < -0.39 is 17.9 Å². The van der Waals surface area contributed by atoms with Gasteiger partial charge >= 0.3 is 5.97 Å². The van der Waals surface area contributed by atoms with Gasteiger partial charge in [0.1, 0.15) is 11.7 Å². The number of carbonyl (C=O) groups is 2. The van der Waals surface area contributed by atoms with E-state index in [-0.39, 0.29) is 11.6 Å². The molecule has 0 fully saturated rings. The highest BCUT2D eigenvalue weighted by Crippen LogP contribution is 2.09. The molecule has 1 atom stereocenters. The molecule has 116 valence electrons. The van der Waals surface area contributed by atoms with Crippen LogP contribution in [0.1, 0.15) is 30.8 Å². The quantitative estimate of drug-likeness (QED) is 0.842. The zero-order valence-corrected chi connectivity index (χ0v) is 12.4. The summed E-state index contributed by atoms with van der Waals surface area (Å²) in [6.07, 6.45) is 5.23. The van der Waals surface area contributed by atoms with Crippen LogP contribution in [-0.4, -0.2) is 37.8 Å². The van der Waals surface area contributed by atoms with Crippen molar-refractivity contribution < 1.29 is 14.7 Å². The molecule has 0 aliphatic heterocycles. The molecule has 2 aromatic heterocycles. The normalized spacial score (nSPS) is 12.1. The molecule has 2 N–H and O–H groups in total. The van der Waals surface area contributed by atoms with Crippen molar-refractivity contribution in [1.29, 1.82) is 0 Å². The van der Waals surface area contributed by atoms with Gasteiger partial charge in [-0.05, 0) is 30.5 Å². The topological polar surface area (TPSA) is 97.1 Å². The minimum atomic E-state index is -1.05. The van der Waals surface area contributed by atoms with Gasteiger partial charge in [0.2, 0.25) is 0 Å². The van der Waals surface area contributed by atoms with E-state index in [1.807, 2.05) is 13.8 Å². The monoisotopic (exact) mass is 302 g/mol. The zero-order chi connectivity index (χ0) is 16.1. The second-order valence-electron chi connectivity index (χ2n) is 5.34. The number of pyridine rings is 1. The summed E-state index contributed by atoms with van der Waals surface area (Å²) >= 11 is 0. The van der Waals surface area contributed by atoms with Crippen LogP contribution >= 0.6 is 0 Å². The summed E-state index contributed by atoms with van der Waals surface area (Å²) in [5.74, 6) is -1.41. The Kier molecular flexibility index (Phi) is 4.88. The van der Waals surface area contributed by atoms with E-state index in [0.29, 0.717) is 12.1 Å². The van der Waals surface area contributed by atoms with Gasteiger partial charge in [0, 0.05) is 18.6 Å². The summed E-state index contributed by atoms with van der Waals surface area (Å²) in [5.41, 5.74) is 0.837. The second kappa shape index (κ2) is 6.84. The SMILES string of the molecule is CC(C)C[C@H](NC(=O)c1cc(-n2cccn2)ccn1)C(=O)O. The maximum atomic E-state index is 12.2. The van der Waals surface area contributed by atoms with Crippen LogP contribution in [0.2, 0.25) is 0 Å². The molecule has 2 heterocycles. The summed E-state index contributed by atoms with van der Waals surface area (Å²) < 4.78 is 1.60. The lowest BCUT2D eigenvalue weighted by atomic mass is 10.0. The molecule has 0 unspecified atom stereocenters. The average Bonchev–Trinajstić information content (AvgIpc) is 3.00. The Morgan fingerprint density at radius 2 is 2.14 bits per heavy atom. The van der Waals surface area contributed by atoms with Gasteiger partial charge in [-0.15, -0.1) is 0 Å². The molecule has 22 heavy (non-hydrogen) atoms. The fourth-order valence-corrected chi connectivity index (χ4v) is 2.03. The van der Waals surface area contributed by atoms with E-state index in [2.05, 4.69) is 15.4 Å². The summed E-state index contributed by atoms with van der Waals surface area (Å²) in [6.45, 7) is 3.80. The molecule has 7 nitrogen and oxygen atoms in total. The van der Waals surface area contributed by atoms with Gasteiger partial charge < -0.3 is 10.4 Å². The molecule has 0 bridgehead atoms. The first-order chi connectivity index (χ1) is 10.5. The van der Waals surface area contributed by atoms with E-state index in [9.17, 15) is 14.7 Å². The number of carboxylic acids is 1. The average molecular weight is 302 g/mol. The summed E-state index contributed by atoms with van der Waals surface area (Å²) in [6, 6.07) is 4.12. The van der Waals surface area contributed by atoms with Crippen molar-refractivity contribution in [3.8, 4) is 5.69 Å². The molecule has 0 saturated heterocycles. The van der Waals surface area contributed by atoms with Gasteiger partial charge in [-0.25, -0.2) is 9.48 Å². The molecule has 7 heteroatoms. The van der Waals surface area contributed by atoms with Gasteiger partial charge in [-0.1, -0.05) is 13.8 Å². The Labute approximate surface area is 128 Å². The molecule has 0 aliphatic carbocycles. The van der Waals surface area contributed by atoms with E-state index in [0.717, 1.165) is 0 Å². The number of hydrogen-bond acceptors (Lipinski definition) is 4. The molecule has 0 aliphatic rings. The van der Waals surface area contributed by atoms with Crippen molar-refractivity contribution in [2.24, 2.45) is 5.92 Å². The lowest BCUT2D eigenvalue weighted by molar-refractivity contribution is -0.139. The Morgan fingerprint density at radius 1 is 1.36 bits per heavy atom. The Bertz CT molecular complexity index is 653. The lowest BCUT2D eigenvalue weighted by Crippen LogP contribution is -2.41. The number of aliphatic carboxylic acids is 1. The number of nitrogens with zero attached hydrogens (tertiary/aromatic N) is 3. The Balaban J connectivity index is 2.15. The molecule has 2 rings (SSSR count). The smallest absolute Gasteiger partial charge is 0.326 e. The van der Waals surface area contributed by atoms with E-state index in [1.54, 1.807) is 35.3 Å². The summed E-state index contributed by atoms with van der Waals surface area (Å²) in [5, 5.41) is 15.8. The van der Waals surface area contributed by atoms with Crippen molar-refractivity contribution in [3.05, 3.63) is 42.5 Å². The van der Waals surface area contributed by atoms with Crippen LogP contribution in [0.5, 0.6) is 0 Å². The third kappa shape index (κ3) is 3.91. The standard InChI is InChI=1S/C15H18N4O3/c1-10(2)8-13(15(21)22)18-14(20)12-9-11(4-6-16-12)19-7-3-5-17-19/h3-7,9-10,13H,8H2,1-2H3,(H,18,20)(H,21,22)/t13-/m0/s1. The molecule has 0 radical (unpaired) electrons. The minimum Gasteiger partial charge on any atom is -0.480 e. The van der Waals surface area contributed by atoms with Crippen LogP contribution in [-0.2, 0) is 4.79 Å². The van der Waals surface area contributed by atoms with Crippen LogP contribution < -0.4 is 5.32 Å². The van der Waals surface area contributed by atoms with Gasteiger partial charge in [0.05, 0.1) is 5.69 Å². The van der Waals surface area contributed by atoms with E-state index in [4.69, 9.17) is 0 Å². The highest BCUT2D eigenvalue weighted by molar-refractivity contribution is 5.95. The van der Waals surface area contributed by atoms with Crippen LogP contribution in [0.25, 0.3) is 5.69 Å². The Morgan fingerprint density at radius 3 is 2.73 bits per heavy atom. The zero-order valence-electron chi connectivity index (χ0n) is 12.4. The number of carbonyl (C=O) groups excluding carboxylic acids is 1. The van der Waals surface area contributed by atoms with Crippen molar-refractivity contribution in [1.82, 2.24) is 20.1 Å². The molecular weight excluding hydrogens is 284 g/mol. The number of hydrogen-bond donors (Lipinski definition) is 2. The largest absolute Gasteiger partial charge is 0.480 e. The van der Waals surface area contributed by atoms with E-state index in [1.165, 1.54) is 6.20 Å². The number of rotatable bonds is 6. The third-order valence-corrected chi connectivity index (χ3v) is 3.06. The Hall–Kier alpha value is -2.70. The predicted molar refractivity (Wildman–Crippen MR) is 79.7 cm³/mol. The summed E-state index contributed by atoms with van der Waals surface area (Å²) in [4.78, 5) is 27.4. The minimum absolute atomic E-state index is 0.156. The van der Waals surface area contributed by atoms with Gasteiger partial charge in [-0.2, -0.15) is 5.10 Å². The van der Waals surface area contributed by atoms with Crippen molar-refractivity contribution in [3.63, 3.8) is 0 Å². The van der Waals surface area contributed by atoms with Crippen molar-refractivity contribution >= 4 is 11.9 Å². The molecule has 0 aromatic carbocycles. The molecular formula is C15H18N4O3.